The highest BCUT2D eigenvalue weighted by atomic mass is 16.2. The van der Waals surface area contributed by atoms with E-state index in [0.29, 0.717) is 12.2 Å². The molecule has 0 saturated heterocycles. The van der Waals surface area contributed by atoms with E-state index >= 15 is 0 Å². The van der Waals surface area contributed by atoms with Crippen LogP contribution in [0, 0.1) is 6.92 Å². The summed E-state index contributed by atoms with van der Waals surface area (Å²) in [6.45, 7) is 7.80. The van der Waals surface area contributed by atoms with Crippen molar-refractivity contribution >= 4 is 17.3 Å². The summed E-state index contributed by atoms with van der Waals surface area (Å²) in [6.07, 6.45) is 4.09. The van der Waals surface area contributed by atoms with E-state index in [2.05, 4.69) is 23.9 Å². The minimum absolute atomic E-state index is 0.0640. The standard InChI is InChI=1S/C20H27N3O/c1-5-7-13-22(4)18-11-12-19(21-15-18)20(24)23(6-2)17-10-8-9-16(3)14-17/h8-12,14-15H,5-7,13H2,1-4H3. The first-order chi connectivity index (χ1) is 11.6. The van der Waals surface area contributed by atoms with Crippen LogP contribution in [-0.4, -0.2) is 31.0 Å². The van der Waals surface area contributed by atoms with E-state index in [0.717, 1.165) is 36.3 Å². The number of benzene rings is 1. The number of rotatable bonds is 7. The number of pyridine rings is 1. The molecule has 0 N–H and O–H groups in total. The number of hydrogen-bond donors (Lipinski definition) is 0. The molecular formula is C20H27N3O. The van der Waals surface area contributed by atoms with Crippen LogP contribution >= 0.6 is 0 Å². The van der Waals surface area contributed by atoms with E-state index < -0.39 is 0 Å². The minimum Gasteiger partial charge on any atom is -0.373 e. The summed E-state index contributed by atoms with van der Waals surface area (Å²) in [7, 11) is 2.05. The van der Waals surface area contributed by atoms with Crippen LogP contribution in [0.5, 0.6) is 0 Å². The Morgan fingerprint density at radius 3 is 2.50 bits per heavy atom. The van der Waals surface area contributed by atoms with Crippen LogP contribution in [0.3, 0.4) is 0 Å². The van der Waals surface area contributed by atoms with Crippen molar-refractivity contribution in [2.45, 2.75) is 33.6 Å². The van der Waals surface area contributed by atoms with Gasteiger partial charge in [-0.3, -0.25) is 4.79 Å². The summed E-state index contributed by atoms with van der Waals surface area (Å²) >= 11 is 0. The van der Waals surface area contributed by atoms with Gasteiger partial charge in [0.15, 0.2) is 0 Å². The van der Waals surface area contributed by atoms with Crippen LogP contribution in [0.25, 0.3) is 0 Å². The minimum atomic E-state index is -0.0640. The maximum absolute atomic E-state index is 12.8. The zero-order valence-corrected chi connectivity index (χ0v) is 15.1. The van der Waals surface area contributed by atoms with Gasteiger partial charge in [-0.2, -0.15) is 0 Å². The van der Waals surface area contributed by atoms with Crippen LogP contribution in [-0.2, 0) is 0 Å². The van der Waals surface area contributed by atoms with Gasteiger partial charge in [-0.25, -0.2) is 4.98 Å². The number of amides is 1. The van der Waals surface area contributed by atoms with Gasteiger partial charge in [0.05, 0.1) is 11.9 Å². The summed E-state index contributed by atoms with van der Waals surface area (Å²) in [6, 6.07) is 11.8. The van der Waals surface area contributed by atoms with Crippen LogP contribution < -0.4 is 9.80 Å². The lowest BCUT2D eigenvalue weighted by Gasteiger charge is -2.22. The van der Waals surface area contributed by atoms with Gasteiger partial charge in [-0.05, 0) is 50.1 Å². The number of anilines is 2. The highest BCUT2D eigenvalue weighted by Crippen LogP contribution is 2.19. The molecule has 0 radical (unpaired) electrons. The zero-order valence-electron chi connectivity index (χ0n) is 15.1. The van der Waals surface area contributed by atoms with Crippen LogP contribution in [0.4, 0.5) is 11.4 Å². The molecule has 4 heteroatoms. The third-order valence-corrected chi connectivity index (χ3v) is 4.13. The number of unbranched alkanes of at least 4 members (excludes halogenated alkanes) is 1. The Bertz CT molecular complexity index is 667. The fourth-order valence-corrected chi connectivity index (χ4v) is 2.64. The molecule has 0 aliphatic heterocycles. The van der Waals surface area contributed by atoms with E-state index in [9.17, 15) is 4.79 Å². The molecule has 1 amide bonds. The van der Waals surface area contributed by atoms with E-state index in [1.54, 1.807) is 11.1 Å². The van der Waals surface area contributed by atoms with Gasteiger partial charge < -0.3 is 9.80 Å². The number of hydrogen-bond acceptors (Lipinski definition) is 3. The van der Waals surface area contributed by atoms with Gasteiger partial charge in [0.2, 0.25) is 0 Å². The SMILES string of the molecule is CCCCN(C)c1ccc(C(=O)N(CC)c2cccc(C)c2)nc1. The molecule has 2 rings (SSSR count). The Morgan fingerprint density at radius 2 is 1.92 bits per heavy atom. The predicted octanol–water partition coefficient (Wildman–Crippen LogP) is 4.29. The molecule has 24 heavy (non-hydrogen) atoms. The van der Waals surface area contributed by atoms with Crippen LogP contribution in [0.15, 0.2) is 42.6 Å². The number of carbonyl (C=O) groups excluding carboxylic acids is 1. The van der Waals surface area contributed by atoms with Crippen molar-refractivity contribution in [2.24, 2.45) is 0 Å². The molecule has 0 spiro atoms. The molecule has 4 nitrogen and oxygen atoms in total. The quantitative estimate of drug-likeness (QED) is 0.762. The molecule has 1 heterocycles. The molecular weight excluding hydrogens is 298 g/mol. The molecule has 0 saturated carbocycles. The molecule has 0 bridgehead atoms. The lowest BCUT2D eigenvalue weighted by Crippen LogP contribution is -2.31. The third kappa shape index (κ3) is 4.34. The Balaban J connectivity index is 2.16. The van der Waals surface area contributed by atoms with Crippen molar-refractivity contribution in [3.05, 3.63) is 53.9 Å². The van der Waals surface area contributed by atoms with Crippen molar-refractivity contribution < 1.29 is 4.79 Å². The van der Waals surface area contributed by atoms with Gasteiger partial charge >= 0.3 is 0 Å². The average molecular weight is 325 g/mol. The molecule has 0 fully saturated rings. The second-order valence-electron chi connectivity index (χ2n) is 6.07. The zero-order chi connectivity index (χ0) is 17.5. The van der Waals surface area contributed by atoms with Crippen LogP contribution in [0.1, 0.15) is 42.7 Å². The van der Waals surface area contributed by atoms with Gasteiger partial charge in [-0.15, -0.1) is 0 Å². The Labute approximate surface area is 145 Å². The highest BCUT2D eigenvalue weighted by molar-refractivity contribution is 6.04. The second-order valence-corrected chi connectivity index (χ2v) is 6.07. The van der Waals surface area contributed by atoms with Crippen LogP contribution in [0.2, 0.25) is 0 Å². The number of aromatic nitrogens is 1. The van der Waals surface area contributed by atoms with Crippen molar-refractivity contribution in [3.63, 3.8) is 0 Å². The maximum Gasteiger partial charge on any atom is 0.276 e. The Hall–Kier alpha value is -2.36. The summed E-state index contributed by atoms with van der Waals surface area (Å²) < 4.78 is 0. The Kier molecular flexibility index (Phi) is 6.36. The van der Waals surface area contributed by atoms with Gasteiger partial charge in [0.25, 0.3) is 5.91 Å². The lowest BCUT2D eigenvalue weighted by molar-refractivity contribution is 0.0983. The van der Waals surface area contributed by atoms with E-state index in [1.165, 1.54) is 0 Å². The molecule has 128 valence electrons. The molecule has 1 aromatic carbocycles. The van der Waals surface area contributed by atoms with Gasteiger partial charge in [0.1, 0.15) is 5.69 Å². The molecule has 0 aliphatic carbocycles. The number of nitrogens with zero attached hydrogens (tertiary/aromatic N) is 3. The molecule has 0 aliphatic rings. The summed E-state index contributed by atoms with van der Waals surface area (Å²) in [5, 5.41) is 0. The van der Waals surface area contributed by atoms with Crippen molar-refractivity contribution in [1.29, 1.82) is 0 Å². The van der Waals surface area contributed by atoms with Crippen molar-refractivity contribution in [1.82, 2.24) is 4.98 Å². The van der Waals surface area contributed by atoms with Gasteiger partial charge in [-0.1, -0.05) is 25.5 Å². The number of carbonyl (C=O) groups is 1. The lowest BCUT2D eigenvalue weighted by atomic mass is 10.2. The predicted molar refractivity (Wildman–Crippen MR) is 101 cm³/mol. The maximum atomic E-state index is 12.8. The molecule has 0 unspecified atom stereocenters. The first-order valence-electron chi connectivity index (χ1n) is 8.62. The first-order valence-corrected chi connectivity index (χ1v) is 8.62. The molecule has 0 atom stereocenters. The normalized spacial score (nSPS) is 10.5. The number of aryl methyl sites for hydroxylation is 1. The summed E-state index contributed by atoms with van der Waals surface area (Å²) in [4.78, 5) is 21.1. The van der Waals surface area contributed by atoms with Crippen molar-refractivity contribution in [3.8, 4) is 0 Å². The second kappa shape index (κ2) is 8.48. The fraction of sp³-hybridized carbons (Fsp3) is 0.400. The van der Waals surface area contributed by atoms with E-state index in [-0.39, 0.29) is 5.91 Å². The summed E-state index contributed by atoms with van der Waals surface area (Å²) in [5.41, 5.74) is 3.57. The smallest absolute Gasteiger partial charge is 0.276 e. The largest absolute Gasteiger partial charge is 0.373 e. The van der Waals surface area contributed by atoms with Gasteiger partial charge in [0, 0.05) is 25.8 Å². The highest BCUT2D eigenvalue weighted by Gasteiger charge is 2.17. The topological polar surface area (TPSA) is 36.4 Å². The Morgan fingerprint density at radius 1 is 1.12 bits per heavy atom. The fourth-order valence-electron chi connectivity index (χ4n) is 2.64. The average Bonchev–Trinajstić information content (AvgIpc) is 2.60. The third-order valence-electron chi connectivity index (χ3n) is 4.13. The van der Waals surface area contributed by atoms with Crippen molar-refractivity contribution in [2.75, 3.05) is 29.9 Å². The molecule has 2 aromatic rings. The molecule has 1 aromatic heterocycles. The van der Waals surface area contributed by atoms with E-state index in [1.807, 2.05) is 50.2 Å². The summed E-state index contributed by atoms with van der Waals surface area (Å²) in [5.74, 6) is -0.0640. The monoisotopic (exact) mass is 325 g/mol. The first kappa shape index (κ1) is 18.0. The van der Waals surface area contributed by atoms with E-state index in [4.69, 9.17) is 0 Å².